The summed E-state index contributed by atoms with van der Waals surface area (Å²) in [5.41, 5.74) is 6.57. The van der Waals surface area contributed by atoms with Crippen molar-refractivity contribution in [1.29, 1.82) is 0 Å². The predicted molar refractivity (Wildman–Crippen MR) is 509 cm³/mol. The normalized spacial score (nSPS) is 22.2. The third-order valence-electron chi connectivity index (χ3n) is 26.6. The summed E-state index contributed by atoms with van der Waals surface area (Å²) in [6.45, 7) is 110. The molecule has 5 saturated heterocycles. The number of piperazine rings is 1. The lowest BCUT2D eigenvalue weighted by atomic mass is 9.86. The maximum absolute atomic E-state index is 2.63. The van der Waals surface area contributed by atoms with Crippen molar-refractivity contribution in [3.63, 3.8) is 0 Å². The minimum Gasteiger partial charge on any atom is -0.301 e. The average Bonchev–Trinajstić information content (AvgIpc) is 1.78. The van der Waals surface area contributed by atoms with Crippen LogP contribution < -0.4 is 0 Å². The summed E-state index contributed by atoms with van der Waals surface area (Å²) >= 11 is 0. The highest BCUT2D eigenvalue weighted by Crippen LogP contribution is 2.29. The Labute approximate surface area is 707 Å². The Kier molecular flexibility index (Phi) is 62.1. The summed E-state index contributed by atoms with van der Waals surface area (Å²) < 4.78 is 0. The number of nitrogens with zero attached hydrogens (tertiary/aromatic N) is 11. The van der Waals surface area contributed by atoms with Gasteiger partial charge < -0.3 is 19.6 Å². The summed E-state index contributed by atoms with van der Waals surface area (Å²) in [7, 11) is 0. The zero-order valence-corrected chi connectivity index (χ0v) is 81.4. The van der Waals surface area contributed by atoms with E-state index in [4.69, 9.17) is 0 Å². The largest absolute Gasteiger partial charge is 0.301 e. The highest BCUT2D eigenvalue weighted by Gasteiger charge is 2.28. The van der Waals surface area contributed by atoms with Crippen molar-refractivity contribution in [2.75, 3.05) is 144 Å². The Morgan fingerprint density at radius 2 is 0.473 bits per heavy atom. The predicted octanol–water partition coefficient (Wildman–Crippen LogP) is 23.9. The quantitative estimate of drug-likeness (QED) is 0.123. The van der Waals surface area contributed by atoms with Crippen LogP contribution in [0, 0.1) is 59.2 Å². The van der Waals surface area contributed by atoms with E-state index < -0.39 is 0 Å². The zero-order chi connectivity index (χ0) is 83.7. The molecule has 5 fully saturated rings. The van der Waals surface area contributed by atoms with Crippen LogP contribution in [0.15, 0.2) is 46.6 Å². The molecule has 0 bridgehead atoms. The van der Waals surface area contributed by atoms with E-state index in [1.165, 1.54) is 201 Å². The molecule has 0 spiro atoms. The Hall–Kier alpha value is -1.48. The molecule has 2 unspecified atom stereocenters. The first-order valence-corrected chi connectivity index (χ1v) is 47.4. The first-order chi connectivity index (χ1) is 51.5. The molecule has 9 aliphatic heterocycles. The van der Waals surface area contributed by atoms with E-state index in [0.717, 1.165) is 109 Å². The Morgan fingerprint density at radius 3 is 0.804 bits per heavy atom. The van der Waals surface area contributed by atoms with Crippen molar-refractivity contribution < 1.29 is 0 Å². The van der Waals surface area contributed by atoms with Crippen LogP contribution in [0.3, 0.4) is 0 Å². The van der Waals surface area contributed by atoms with Crippen LogP contribution in [0.5, 0.6) is 0 Å². The van der Waals surface area contributed by atoms with E-state index in [1.807, 2.05) is 0 Å². The summed E-state index contributed by atoms with van der Waals surface area (Å²) in [5, 5.41) is 0. The molecule has 0 aromatic rings. The van der Waals surface area contributed by atoms with Gasteiger partial charge in [-0.05, 0) is 341 Å². The summed E-state index contributed by atoms with van der Waals surface area (Å²) in [4.78, 5) is 28.2. The van der Waals surface area contributed by atoms with Gasteiger partial charge in [0.25, 0.3) is 0 Å². The maximum atomic E-state index is 2.63. The molecule has 9 aliphatic rings. The number of rotatable bonds is 18. The van der Waals surface area contributed by atoms with Crippen molar-refractivity contribution in [1.82, 2.24) is 53.9 Å². The van der Waals surface area contributed by atoms with Gasteiger partial charge in [0.05, 0.1) is 0 Å². The minimum absolute atomic E-state index is 0. The molecule has 9 rings (SSSR count). The van der Waals surface area contributed by atoms with Gasteiger partial charge in [0, 0.05) is 158 Å². The van der Waals surface area contributed by atoms with E-state index >= 15 is 0 Å². The lowest BCUT2D eigenvalue weighted by Crippen LogP contribution is -2.50. The SMILES string of the molecule is C.C.CC(C)C1=CCCN(C(C)C)CC1.CC(C)C1=CCN(C(C)C)C1.CC(C)C1=CCN(C(C)C)CC1.CC(C)C1=CCN(C(C)C)CCC1.CC(C)C1CCCN(C(C)C)CC1.CC(C)C1CCN(C(C)C)C1.CC(C)C1CCN(C(C)C)CC1.CC(C)N1CCCN(C(C)C)CC1.CC(C)N1CCN(C(C)C)CC1. The number of likely N-dealkylation sites (tertiary alicyclic amines) is 3. The van der Waals surface area contributed by atoms with Gasteiger partial charge in [0.15, 0.2) is 0 Å². The molecule has 0 amide bonds. The smallest absolute Gasteiger partial charge is 0.0201 e. The van der Waals surface area contributed by atoms with Gasteiger partial charge in [-0.1, -0.05) is 158 Å². The highest BCUT2D eigenvalue weighted by atomic mass is 15.3. The molecule has 0 aliphatic carbocycles. The molecular weight excluding hydrogens is 1370 g/mol. The van der Waals surface area contributed by atoms with Crippen LogP contribution in [0.2, 0.25) is 0 Å². The van der Waals surface area contributed by atoms with E-state index in [1.54, 1.807) is 22.3 Å². The third kappa shape index (κ3) is 47.5. The second kappa shape index (κ2) is 61.8. The van der Waals surface area contributed by atoms with E-state index in [2.05, 4.69) is 327 Å². The van der Waals surface area contributed by atoms with Crippen LogP contribution in [-0.2, 0) is 0 Å². The fraction of sp³-hybridized carbons (Fsp3) is 0.921. The molecule has 0 radical (unpaired) electrons. The topological polar surface area (TPSA) is 35.6 Å². The van der Waals surface area contributed by atoms with Crippen molar-refractivity contribution in [2.24, 2.45) is 59.2 Å². The van der Waals surface area contributed by atoms with Crippen LogP contribution in [0.1, 0.15) is 341 Å². The van der Waals surface area contributed by atoms with E-state index in [9.17, 15) is 0 Å². The van der Waals surface area contributed by atoms with Crippen LogP contribution >= 0.6 is 0 Å². The van der Waals surface area contributed by atoms with Crippen LogP contribution in [0.4, 0.5) is 0 Å². The molecule has 0 N–H and O–H groups in total. The first kappa shape index (κ1) is 113. The van der Waals surface area contributed by atoms with E-state index in [-0.39, 0.29) is 14.9 Å². The van der Waals surface area contributed by atoms with E-state index in [0.29, 0.717) is 36.3 Å². The molecule has 112 heavy (non-hydrogen) atoms. The summed E-state index contributed by atoms with van der Waals surface area (Å²) in [5.74, 6) is 8.53. The average molecular weight is 1580 g/mol. The fourth-order valence-electron chi connectivity index (χ4n) is 17.0. The number of allylic oxidation sites excluding steroid dienone is 1. The van der Waals surface area contributed by atoms with Crippen molar-refractivity contribution in [3.05, 3.63) is 46.6 Å². The van der Waals surface area contributed by atoms with Gasteiger partial charge in [-0.15, -0.1) is 0 Å². The molecule has 0 aromatic carbocycles. The lowest BCUT2D eigenvalue weighted by Gasteiger charge is -2.38. The van der Waals surface area contributed by atoms with Gasteiger partial charge in [0.1, 0.15) is 0 Å². The summed E-state index contributed by atoms with van der Waals surface area (Å²) in [6.07, 6.45) is 25.9. The molecule has 11 heteroatoms. The molecule has 2 atom stereocenters. The van der Waals surface area contributed by atoms with Gasteiger partial charge in [-0.2, -0.15) is 0 Å². The Morgan fingerprint density at radius 1 is 0.214 bits per heavy atom. The standard InChI is InChI=1S/C12H25N.2C12H23N.C11H24N2.C11H23N.C11H21N.C10H22N2.C10H21N.C10H19N.2CH4/c3*1-10(2)12-6-5-8-13(9-7-12)11(3)4;1-10(2)12-6-5-7-13(9-8-12)11(3)4;3*1-9(2)11-5-7-12(8-6-11)10(3)4;2*1-8(2)10-5-6-11(7-10)9(3)4;;/h10-12H,5-9H2,1-4H3;7,10-11H,5-6,8-9H2,1-4H3;6,10-11H,5,7-9H2,1-4H3;10-11H,5-9H2,1-4H3;9-11H,5-8H2,1-4H3;5,9-10H,6-8H2,1-4H3;9-10H,5-8H2,1-4H3;8-10H,5-7H2,1-4H3;5,8-9H,6-7H2,1-4H3;2*1H4. The second-order valence-corrected chi connectivity index (χ2v) is 40.5. The van der Waals surface area contributed by atoms with Crippen LogP contribution in [-0.4, -0.2) is 264 Å². The van der Waals surface area contributed by atoms with Crippen molar-refractivity contribution in [2.45, 2.75) is 408 Å². The molecule has 0 saturated carbocycles. The minimum atomic E-state index is 0. The highest BCUT2D eigenvalue weighted by molar-refractivity contribution is 5.14. The fourth-order valence-corrected chi connectivity index (χ4v) is 17.0. The van der Waals surface area contributed by atoms with Crippen molar-refractivity contribution >= 4 is 0 Å². The Balaban J connectivity index is 0. The van der Waals surface area contributed by atoms with Crippen molar-refractivity contribution in [3.8, 4) is 0 Å². The maximum Gasteiger partial charge on any atom is 0.0201 e. The van der Waals surface area contributed by atoms with Gasteiger partial charge >= 0.3 is 0 Å². The molecular formula is C101H209N11. The zero-order valence-electron chi connectivity index (χ0n) is 81.4. The van der Waals surface area contributed by atoms with Gasteiger partial charge in [0.2, 0.25) is 0 Å². The number of piperidine rings is 1. The lowest BCUT2D eigenvalue weighted by molar-refractivity contribution is 0.0887. The monoisotopic (exact) mass is 1580 g/mol. The number of hydrogen-bond acceptors (Lipinski definition) is 11. The third-order valence-corrected chi connectivity index (χ3v) is 26.6. The molecule has 9 heterocycles. The van der Waals surface area contributed by atoms with Gasteiger partial charge in [-0.25, -0.2) is 0 Å². The Bertz CT molecular complexity index is 2190. The first-order valence-electron chi connectivity index (χ1n) is 47.4. The van der Waals surface area contributed by atoms with Crippen LogP contribution in [0.25, 0.3) is 0 Å². The molecule has 11 nitrogen and oxygen atoms in total. The molecule has 668 valence electrons. The second-order valence-electron chi connectivity index (χ2n) is 40.5. The number of hydrogen-bond donors (Lipinski definition) is 0. The van der Waals surface area contributed by atoms with Gasteiger partial charge in [-0.3, -0.25) is 34.3 Å². The summed E-state index contributed by atoms with van der Waals surface area (Å²) in [6, 6.07) is 7.92. The molecule has 0 aromatic heterocycles.